The smallest absolute Gasteiger partial charge is 0.255 e. The zero-order valence-corrected chi connectivity index (χ0v) is 10.2. The van der Waals surface area contributed by atoms with E-state index in [2.05, 4.69) is 31.5 Å². The highest BCUT2D eigenvalue weighted by molar-refractivity contribution is 9.10. The van der Waals surface area contributed by atoms with Crippen LogP contribution in [0, 0.1) is 0 Å². The number of halogens is 1. The Kier molecular flexibility index (Phi) is 3.87. The second kappa shape index (κ2) is 5.38. The quantitative estimate of drug-likeness (QED) is 0.843. The van der Waals surface area contributed by atoms with Crippen LogP contribution in [0.1, 0.15) is 0 Å². The Balaban J connectivity index is 1.93. The van der Waals surface area contributed by atoms with Crippen molar-refractivity contribution in [3.8, 4) is 0 Å². The van der Waals surface area contributed by atoms with E-state index >= 15 is 0 Å². The largest absolute Gasteiger partial charge is 0.366 e. The van der Waals surface area contributed by atoms with Gasteiger partial charge in [-0.15, -0.1) is 0 Å². The van der Waals surface area contributed by atoms with E-state index in [0.29, 0.717) is 19.0 Å². The van der Waals surface area contributed by atoms with Gasteiger partial charge in [-0.1, -0.05) is 0 Å². The lowest BCUT2D eigenvalue weighted by Gasteiger charge is -2.22. The fraction of sp³-hybridized carbons (Fsp3) is 0.400. The first-order chi connectivity index (χ1) is 7.75. The molecule has 1 amide bonds. The maximum atomic E-state index is 11.7. The molecule has 2 rings (SSSR count). The minimum atomic E-state index is -0.431. The Morgan fingerprint density at radius 1 is 1.62 bits per heavy atom. The summed E-state index contributed by atoms with van der Waals surface area (Å²) in [5.41, 5.74) is 0. The predicted molar refractivity (Wildman–Crippen MR) is 63.2 cm³/mol. The molecule has 1 aliphatic heterocycles. The van der Waals surface area contributed by atoms with Gasteiger partial charge in [-0.25, -0.2) is 4.98 Å². The lowest BCUT2D eigenvalue weighted by atomic mass is 10.3. The highest BCUT2D eigenvalue weighted by Crippen LogP contribution is 2.11. The number of carbonyl (C=O) groups excluding carboxylic acids is 1. The Morgan fingerprint density at radius 3 is 3.12 bits per heavy atom. The maximum Gasteiger partial charge on any atom is 0.255 e. The zero-order chi connectivity index (χ0) is 11.4. The van der Waals surface area contributed by atoms with Crippen molar-refractivity contribution in [1.29, 1.82) is 0 Å². The first kappa shape index (κ1) is 11.5. The van der Waals surface area contributed by atoms with Crippen LogP contribution in [0.15, 0.2) is 22.8 Å². The third-order valence-corrected chi connectivity index (χ3v) is 2.67. The van der Waals surface area contributed by atoms with Crippen molar-refractivity contribution in [2.24, 2.45) is 0 Å². The number of anilines is 1. The monoisotopic (exact) mass is 285 g/mol. The van der Waals surface area contributed by atoms with Crippen LogP contribution in [0.25, 0.3) is 0 Å². The van der Waals surface area contributed by atoms with Gasteiger partial charge in [-0.05, 0) is 28.1 Å². The minimum absolute atomic E-state index is 0.165. The first-order valence-corrected chi connectivity index (χ1v) is 5.80. The molecule has 1 fully saturated rings. The normalized spacial score (nSPS) is 20.4. The molecule has 0 aromatic carbocycles. The maximum absolute atomic E-state index is 11.7. The number of morpholine rings is 1. The second-order valence-electron chi connectivity index (χ2n) is 3.41. The summed E-state index contributed by atoms with van der Waals surface area (Å²) in [5, 5.41) is 5.80. The number of hydrogen-bond donors (Lipinski definition) is 2. The molecule has 2 heterocycles. The second-order valence-corrected chi connectivity index (χ2v) is 4.33. The van der Waals surface area contributed by atoms with Gasteiger partial charge in [0.15, 0.2) is 0 Å². The van der Waals surface area contributed by atoms with E-state index < -0.39 is 6.10 Å². The van der Waals surface area contributed by atoms with Crippen molar-refractivity contribution in [2.75, 3.05) is 25.0 Å². The molecule has 0 saturated carbocycles. The Morgan fingerprint density at radius 2 is 2.50 bits per heavy atom. The van der Waals surface area contributed by atoms with Gasteiger partial charge in [-0.2, -0.15) is 0 Å². The van der Waals surface area contributed by atoms with Crippen LogP contribution in [-0.2, 0) is 9.53 Å². The van der Waals surface area contributed by atoms with E-state index in [1.54, 1.807) is 12.3 Å². The molecule has 5 nitrogen and oxygen atoms in total. The molecule has 0 bridgehead atoms. The van der Waals surface area contributed by atoms with Crippen LogP contribution in [0.4, 0.5) is 5.82 Å². The van der Waals surface area contributed by atoms with Crippen LogP contribution < -0.4 is 10.6 Å². The summed E-state index contributed by atoms with van der Waals surface area (Å²) in [4.78, 5) is 15.8. The Bertz CT molecular complexity index is 363. The molecule has 1 unspecified atom stereocenters. The van der Waals surface area contributed by atoms with Crippen LogP contribution >= 0.6 is 15.9 Å². The number of amides is 1. The van der Waals surface area contributed by atoms with E-state index in [4.69, 9.17) is 4.74 Å². The number of rotatable bonds is 2. The Hall–Kier alpha value is -0.980. The number of carbonyl (C=O) groups is 1. The van der Waals surface area contributed by atoms with Crippen LogP contribution in [0.3, 0.4) is 0 Å². The fourth-order valence-corrected chi connectivity index (χ4v) is 1.62. The van der Waals surface area contributed by atoms with Crippen molar-refractivity contribution in [1.82, 2.24) is 10.3 Å². The highest BCUT2D eigenvalue weighted by atomic mass is 79.9. The molecule has 0 radical (unpaired) electrons. The predicted octanol–water partition coefficient (Wildman–Crippen LogP) is 0.771. The number of nitrogens with zero attached hydrogens (tertiary/aromatic N) is 1. The van der Waals surface area contributed by atoms with Gasteiger partial charge < -0.3 is 15.4 Å². The fourth-order valence-electron chi connectivity index (χ4n) is 1.39. The molecule has 6 heteroatoms. The molecule has 1 aliphatic rings. The van der Waals surface area contributed by atoms with Gasteiger partial charge in [0, 0.05) is 23.8 Å². The molecule has 0 spiro atoms. The number of aromatic nitrogens is 1. The van der Waals surface area contributed by atoms with Gasteiger partial charge in [0.1, 0.15) is 11.9 Å². The molecule has 1 atom stereocenters. The Labute approximate surface area is 102 Å². The SMILES string of the molecule is O=C(Nc1ccc(Br)cn1)C1CNCCO1. The van der Waals surface area contributed by atoms with Gasteiger partial charge in [0.25, 0.3) is 5.91 Å². The standard InChI is InChI=1S/C10H12BrN3O2/c11-7-1-2-9(13-5-7)14-10(15)8-6-12-3-4-16-8/h1-2,5,8,12H,3-4,6H2,(H,13,14,15). The number of pyridine rings is 1. The molecule has 1 saturated heterocycles. The van der Waals surface area contributed by atoms with Gasteiger partial charge >= 0.3 is 0 Å². The number of ether oxygens (including phenoxy) is 1. The summed E-state index contributed by atoms with van der Waals surface area (Å²) in [7, 11) is 0. The van der Waals surface area contributed by atoms with Gasteiger partial charge in [0.05, 0.1) is 6.61 Å². The highest BCUT2D eigenvalue weighted by Gasteiger charge is 2.21. The summed E-state index contributed by atoms with van der Waals surface area (Å²) in [6, 6.07) is 3.56. The number of hydrogen-bond acceptors (Lipinski definition) is 4. The average molecular weight is 286 g/mol. The van der Waals surface area contributed by atoms with Crippen LogP contribution in [-0.4, -0.2) is 36.7 Å². The summed E-state index contributed by atoms with van der Waals surface area (Å²) >= 11 is 3.28. The van der Waals surface area contributed by atoms with Gasteiger partial charge in [0.2, 0.25) is 0 Å². The average Bonchev–Trinajstić information content (AvgIpc) is 2.33. The third-order valence-electron chi connectivity index (χ3n) is 2.20. The molecule has 2 N–H and O–H groups in total. The van der Waals surface area contributed by atoms with Crippen LogP contribution in [0.2, 0.25) is 0 Å². The van der Waals surface area contributed by atoms with Crippen LogP contribution in [0.5, 0.6) is 0 Å². The molecule has 86 valence electrons. The lowest BCUT2D eigenvalue weighted by Crippen LogP contribution is -2.45. The van der Waals surface area contributed by atoms with Crippen molar-refractivity contribution in [3.05, 3.63) is 22.8 Å². The summed E-state index contributed by atoms with van der Waals surface area (Å²) in [5.74, 6) is 0.365. The third kappa shape index (κ3) is 3.01. The molecule has 0 aliphatic carbocycles. The first-order valence-electron chi connectivity index (χ1n) is 5.00. The molecule has 1 aromatic heterocycles. The number of nitrogens with one attached hydrogen (secondary N) is 2. The van der Waals surface area contributed by atoms with E-state index in [9.17, 15) is 4.79 Å². The van der Waals surface area contributed by atoms with E-state index in [1.165, 1.54) is 0 Å². The topological polar surface area (TPSA) is 63.2 Å². The van der Waals surface area contributed by atoms with Crippen molar-refractivity contribution in [3.63, 3.8) is 0 Å². The van der Waals surface area contributed by atoms with E-state index in [1.807, 2.05) is 6.07 Å². The summed E-state index contributed by atoms with van der Waals surface area (Å²) < 4.78 is 6.20. The van der Waals surface area contributed by atoms with E-state index in [0.717, 1.165) is 11.0 Å². The minimum Gasteiger partial charge on any atom is -0.366 e. The molecular formula is C10H12BrN3O2. The van der Waals surface area contributed by atoms with Crippen molar-refractivity contribution in [2.45, 2.75) is 6.10 Å². The van der Waals surface area contributed by atoms with Gasteiger partial charge in [-0.3, -0.25) is 4.79 Å². The zero-order valence-electron chi connectivity index (χ0n) is 8.57. The van der Waals surface area contributed by atoms with E-state index in [-0.39, 0.29) is 5.91 Å². The summed E-state index contributed by atoms with van der Waals surface area (Å²) in [6.45, 7) is 1.90. The lowest BCUT2D eigenvalue weighted by molar-refractivity contribution is -0.128. The van der Waals surface area contributed by atoms with Crippen molar-refractivity contribution < 1.29 is 9.53 Å². The van der Waals surface area contributed by atoms with Crippen molar-refractivity contribution >= 4 is 27.7 Å². The molecular weight excluding hydrogens is 274 g/mol. The molecule has 1 aromatic rings. The summed E-state index contributed by atoms with van der Waals surface area (Å²) in [6.07, 6.45) is 1.20. The molecule has 16 heavy (non-hydrogen) atoms.